The molecule has 3 nitrogen and oxygen atoms in total. The lowest BCUT2D eigenvalue weighted by molar-refractivity contribution is 0.478. The van der Waals surface area contributed by atoms with E-state index in [0.29, 0.717) is 11.0 Å². The van der Waals surface area contributed by atoms with E-state index in [1.54, 1.807) is 29.6 Å². The van der Waals surface area contributed by atoms with Gasteiger partial charge < -0.3 is 9.52 Å². The second-order valence-corrected chi connectivity index (χ2v) is 9.13. The van der Waals surface area contributed by atoms with E-state index in [9.17, 15) is 9.90 Å². The number of fused-ring (bicyclic) bond motifs is 3. The highest BCUT2D eigenvalue weighted by atomic mass is 32.2. The molecule has 2 heterocycles. The van der Waals surface area contributed by atoms with Gasteiger partial charge in [0, 0.05) is 25.6 Å². The first-order valence-electron chi connectivity index (χ1n) is 9.52. The number of aromatic hydroxyl groups is 1. The van der Waals surface area contributed by atoms with Gasteiger partial charge in [0.1, 0.15) is 11.3 Å². The van der Waals surface area contributed by atoms with Gasteiger partial charge in [0.2, 0.25) is 0 Å². The van der Waals surface area contributed by atoms with Crippen LogP contribution in [0.1, 0.15) is 18.9 Å². The lowest BCUT2D eigenvalue weighted by Gasteiger charge is -2.21. The minimum Gasteiger partial charge on any atom is -0.507 e. The van der Waals surface area contributed by atoms with Crippen LogP contribution in [-0.4, -0.2) is 5.11 Å². The normalized spacial score (nSPS) is 12.6. The Kier molecular flexibility index (Phi) is 4.64. The van der Waals surface area contributed by atoms with Crippen molar-refractivity contribution in [2.24, 2.45) is 0 Å². The lowest BCUT2D eigenvalue weighted by atomic mass is 9.99. The van der Waals surface area contributed by atoms with Gasteiger partial charge in [0.05, 0.1) is 5.39 Å². The van der Waals surface area contributed by atoms with Gasteiger partial charge in [-0.15, -0.1) is 0 Å². The Morgan fingerprint density at radius 3 is 2.48 bits per heavy atom. The standard InChI is InChI=1S/C24H18O3S2/c1-2-6-14-13-22(26)27-18-12-15(11-17(25)23(14)18)16-7-5-10-21-24(16)29-20-9-4-3-8-19(20)28-21/h3-5,7-13,25H,2,6H2,1H3. The first kappa shape index (κ1) is 18.4. The summed E-state index contributed by atoms with van der Waals surface area (Å²) in [5.41, 5.74) is 2.75. The fourth-order valence-corrected chi connectivity index (χ4v) is 6.16. The van der Waals surface area contributed by atoms with Crippen LogP contribution in [0.25, 0.3) is 22.1 Å². The third-order valence-electron chi connectivity index (χ3n) is 5.00. The molecule has 0 radical (unpaired) electrons. The average Bonchev–Trinajstić information content (AvgIpc) is 2.71. The molecule has 144 valence electrons. The van der Waals surface area contributed by atoms with E-state index in [1.165, 1.54) is 20.8 Å². The number of phenols is 1. The van der Waals surface area contributed by atoms with Crippen LogP contribution in [0.2, 0.25) is 0 Å². The summed E-state index contributed by atoms with van der Waals surface area (Å²) in [4.78, 5) is 16.9. The molecule has 5 rings (SSSR count). The number of aryl methyl sites for hydroxylation is 1. The molecular formula is C24H18O3S2. The molecule has 0 bridgehead atoms. The van der Waals surface area contributed by atoms with Crippen molar-refractivity contribution in [2.45, 2.75) is 39.3 Å². The Morgan fingerprint density at radius 2 is 1.69 bits per heavy atom. The zero-order chi connectivity index (χ0) is 20.0. The second kappa shape index (κ2) is 7.32. The predicted octanol–water partition coefficient (Wildman–Crippen LogP) is 6.73. The van der Waals surface area contributed by atoms with E-state index < -0.39 is 0 Å². The average molecular weight is 419 g/mol. The molecule has 0 saturated heterocycles. The van der Waals surface area contributed by atoms with Gasteiger partial charge in [-0.05, 0) is 53.4 Å². The summed E-state index contributed by atoms with van der Waals surface area (Å²) in [5.74, 6) is 0.149. The molecule has 0 saturated carbocycles. The van der Waals surface area contributed by atoms with Crippen molar-refractivity contribution in [2.75, 3.05) is 0 Å². The van der Waals surface area contributed by atoms with E-state index in [4.69, 9.17) is 4.42 Å². The van der Waals surface area contributed by atoms with Gasteiger partial charge >= 0.3 is 5.63 Å². The maximum Gasteiger partial charge on any atom is 0.336 e. The van der Waals surface area contributed by atoms with Gasteiger partial charge in [-0.2, -0.15) is 0 Å². The smallest absolute Gasteiger partial charge is 0.336 e. The summed E-state index contributed by atoms with van der Waals surface area (Å²) in [7, 11) is 0. The van der Waals surface area contributed by atoms with Crippen LogP contribution in [0, 0.1) is 0 Å². The SMILES string of the molecule is CCCc1cc(=O)oc2cc(-c3cccc4c3Sc3ccccc3S4)cc(O)c12. The largest absolute Gasteiger partial charge is 0.507 e. The van der Waals surface area contributed by atoms with Gasteiger partial charge in [-0.25, -0.2) is 4.79 Å². The van der Waals surface area contributed by atoms with Crippen molar-refractivity contribution in [3.05, 3.63) is 76.6 Å². The minimum atomic E-state index is -0.383. The van der Waals surface area contributed by atoms with Crippen LogP contribution in [0.3, 0.4) is 0 Å². The molecule has 0 unspecified atom stereocenters. The molecule has 4 aromatic rings. The molecule has 0 atom stereocenters. The molecular weight excluding hydrogens is 400 g/mol. The molecule has 1 N–H and O–H groups in total. The Labute approximate surface area is 176 Å². The first-order valence-corrected chi connectivity index (χ1v) is 11.1. The van der Waals surface area contributed by atoms with Crippen LogP contribution in [-0.2, 0) is 6.42 Å². The molecule has 1 aliphatic heterocycles. The fraction of sp³-hybridized carbons (Fsp3) is 0.125. The third kappa shape index (κ3) is 3.24. The van der Waals surface area contributed by atoms with Crippen LogP contribution in [0.4, 0.5) is 0 Å². The van der Waals surface area contributed by atoms with Gasteiger partial charge in [0.15, 0.2) is 0 Å². The molecule has 0 fully saturated rings. The topological polar surface area (TPSA) is 50.4 Å². The van der Waals surface area contributed by atoms with Crippen molar-refractivity contribution in [3.8, 4) is 16.9 Å². The second-order valence-electron chi connectivity index (χ2n) is 6.99. The van der Waals surface area contributed by atoms with Crippen molar-refractivity contribution < 1.29 is 9.52 Å². The third-order valence-corrected chi connectivity index (χ3v) is 7.61. The molecule has 0 aliphatic carbocycles. The van der Waals surface area contributed by atoms with E-state index >= 15 is 0 Å². The molecule has 5 heteroatoms. The molecule has 29 heavy (non-hydrogen) atoms. The highest BCUT2D eigenvalue weighted by Crippen LogP contribution is 2.52. The van der Waals surface area contributed by atoms with Gasteiger partial charge in [-0.3, -0.25) is 0 Å². The number of benzene rings is 3. The molecule has 0 amide bonds. The zero-order valence-corrected chi connectivity index (χ0v) is 17.4. The lowest BCUT2D eigenvalue weighted by Crippen LogP contribution is -2.01. The number of hydrogen-bond acceptors (Lipinski definition) is 5. The highest BCUT2D eigenvalue weighted by Gasteiger charge is 2.21. The Morgan fingerprint density at radius 1 is 0.931 bits per heavy atom. The number of phenolic OH excluding ortho intramolecular Hbond substituents is 1. The van der Waals surface area contributed by atoms with E-state index in [-0.39, 0.29) is 11.4 Å². The fourth-order valence-electron chi connectivity index (χ4n) is 3.75. The summed E-state index contributed by atoms with van der Waals surface area (Å²) in [6.45, 7) is 2.05. The predicted molar refractivity (Wildman–Crippen MR) is 118 cm³/mol. The first-order chi connectivity index (χ1) is 14.1. The van der Waals surface area contributed by atoms with Crippen LogP contribution >= 0.6 is 23.5 Å². The summed E-state index contributed by atoms with van der Waals surface area (Å²) in [6, 6.07) is 19.7. The molecule has 3 aromatic carbocycles. The van der Waals surface area contributed by atoms with Crippen LogP contribution in [0.15, 0.2) is 89.5 Å². The molecule has 1 aromatic heterocycles. The van der Waals surface area contributed by atoms with Crippen molar-refractivity contribution in [3.63, 3.8) is 0 Å². The Hall–Kier alpha value is -2.63. The van der Waals surface area contributed by atoms with Crippen molar-refractivity contribution in [1.29, 1.82) is 0 Å². The summed E-state index contributed by atoms with van der Waals surface area (Å²) < 4.78 is 5.46. The van der Waals surface area contributed by atoms with Gasteiger partial charge in [0.25, 0.3) is 0 Å². The minimum absolute atomic E-state index is 0.149. The monoisotopic (exact) mass is 418 g/mol. The zero-order valence-electron chi connectivity index (χ0n) is 15.8. The number of hydrogen-bond donors (Lipinski definition) is 1. The Bertz CT molecular complexity index is 1310. The van der Waals surface area contributed by atoms with E-state index in [1.807, 2.05) is 18.2 Å². The quantitative estimate of drug-likeness (QED) is 0.329. The van der Waals surface area contributed by atoms with Crippen LogP contribution in [0.5, 0.6) is 5.75 Å². The summed E-state index contributed by atoms with van der Waals surface area (Å²) in [5, 5.41) is 11.4. The maximum atomic E-state index is 12.1. The number of rotatable bonds is 3. The highest BCUT2D eigenvalue weighted by molar-refractivity contribution is 8.05. The maximum absolute atomic E-state index is 12.1. The molecule has 1 aliphatic rings. The van der Waals surface area contributed by atoms with Crippen molar-refractivity contribution in [1.82, 2.24) is 0 Å². The van der Waals surface area contributed by atoms with E-state index in [0.717, 1.165) is 34.4 Å². The van der Waals surface area contributed by atoms with Gasteiger partial charge in [-0.1, -0.05) is 61.1 Å². The van der Waals surface area contributed by atoms with Crippen LogP contribution < -0.4 is 5.63 Å². The molecule has 0 spiro atoms. The Balaban J connectivity index is 1.69. The summed E-state index contributed by atoms with van der Waals surface area (Å²) >= 11 is 3.49. The van der Waals surface area contributed by atoms with E-state index in [2.05, 4.69) is 37.3 Å². The van der Waals surface area contributed by atoms with Crippen molar-refractivity contribution >= 4 is 34.5 Å². The summed E-state index contributed by atoms with van der Waals surface area (Å²) in [6.07, 6.45) is 1.61.